The van der Waals surface area contributed by atoms with Crippen molar-refractivity contribution in [2.24, 2.45) is 12.1 Å². The zero-order valence-corrected chi connectivity index (χ0v) is 16.3. The van der Waals surface area contributed by atoms with Gasteiger partial charge in [-0.1, -0.05) is 13.8 Å². The second-order valence-electron chi connectivity index (χ2n) is 6.07. The van der Waals surface area contributed by atoms with E-state index in [4.69, 9.17) is 4.74 Å². The van der Waals surface area contributed by atoms with Gasteiger partial charge in [0.2, 0.25) is 0 Å². The fourth-order valence-electron chi connectivity index (χ4n) is 2.42. The van der Waals surface area contributed by atoms with Crippen LogP contribution in [0, 0.1) is 0 Å². The Morgan fingerprint density at radius 3 is 2.44 bits per heavy atom. The fraction of sp³-hybridized carbons (Fsp3) is 0.421. The Kier molecular flexibility index (Phi) is 7.36. The quantitative estimate of drug-likeness (QED) is 0.529. The molecular formula is C19H27N5O3. The van der Waals surface area contributed by atoms with Crippen molar-refractivity contribution in [3.05, 3.63) is 56.7 Å². The van der Waals surface area contributed by atoms with Crippen LogP contribution < -0.4 is 21.0 Å². The number of anilines is 1. The average Bonchev–Trinajstić information content (AvgIpc) is 2.68. The third-order valence-electron chi connectivity index (χ3n) is 4.31. The number of hydrogen-bond acceptors (Lipinski definition) is 6. The lowest BCUT2D eigenvalue weighted by atomic mass is 10.2. The minimum atomic E-state index is -0.481. The van der Waals surface area contributed by atoms with Gasteiger partial charge in [0.1, 0.15) is 18.2 Å². The number of benzene rings is 1. The SMILES string of the molecule is CCN(CC)CCOc1ccc(C=NN(C)c2cc(=O)n(C)c(=O)[nH]2)cc1. The van der Waals surface area contributed by atoms with E-state index in [2.05, 4.69) is 28.8 Å². The number of nitrogens with one attached hydrogen (secondary N) is 1. The molecule has 0 bridgehead atoms. The molecule has 0 radical (unpaired) electrons. The molecule has 8 heteroatoms. The van der Waals surface area contributed by atoms with Crippen molar-refractivity contribution in [3.8, 4) is 5.75 Å². The molecule has 146 valence electrons. The molecule has 0 unspecified atom stereocenters. The molecule has 0 fully saturated rings. The van der Waals surface area contributed by atoms with Gasteiger partial charge in [-0.2, -0.15) is 5.10 Å². The maximum atomic E-state index is 11.7. The third-order valence-corrected chi connectivity index (χ3v) is 4.31. The van der Waals surface area contributed by atoms with Gasteiger partial charge in [0.15, 0.2) is 0 Å². The first-order valence-corrected chi connectivity index (χ1v) is 8.97. The standard InChI is InChI=1S/C19H27N5O3/c1-5-24(6-2)11-12-27-16-9-7-15(8-10-16)14-20-23(4)17-13-18(25)22(3)19(26)21-17/h7-10,13-14H,5-6,11-12H2,1-4H3,(H,21,26). The van der Waals surface area contributed by atoms with E-state index in [0.29, 0.717) is 12.4 Å². The number of rotatable bonds is 9. The number of ether oxygens (including phenoxy) is 1. The van der Waals surface area contributed by atoms with Gasteiger partial charge in [-0.15, -0.1) is 0 Å². The number of aromatic amines is 1. The van der Waals surface area contributed by atoms with E-state index in [0.717, 1.165) is 35.5 Å². The highest BCUT2D eigenvalue weighted by molar-refractivity contribution is 5.80. The molecule has 1 N–H and O–H groups in total. The Morgan fingerprint density at radius 1 is 1.19 bits per heavy atom. The molecule has 0 aliphatic carbocycles. The molecule has 2 aromatic rings. The second kappa shape index (κ2) is 9.72. The molecular weight excluding hydrogens is 346 g/mol. The van der Waals surface area contributed by atoms with Gasteiger partial charge in [-0.05, 0) is 42.9 Å². The maximum Gasteiger partial charge on any atom is 0.329 e. The van der Waals surface area contributed by atoms with Crippen molar-refractivity contribution in [3.63, 3.8) is 0 Å². The number of H-pyrrole nitrogens is 1. The number of aromatic nitrogens is 2. The first-order chi connectivity index (χ1) is 12.9. The molecule has 0 saturated heterocycles. The van der Waals surface area contributed by atoms with Crippen LogP contribution >= 0.6 is 0 Å². The maximum absolute atomic E-state index is 11.7. The average molecular weight is 373 g/mol. The van der Waals surface area contributed by atoms with Gasteiger partial charge in [-0.3, -0.25) is 19.4 Å². The van der Waals surface area contributed by atoms with Gasteiger partial charge in [0, 0.05) is 26.7 Å². The van der Waals surface area contributed by atoms with E-state index in [1.165, 1.54) is 18.1 Å². The van der Waals surface area contributed by atoms with E-state index in [1.54, 1.807) is 13.3 Å². The summed E-state index contributed by atoms with van der Waals surface area (Å²) >= 11 is 0. The molecule has 27 heavy (non-hydrogen) atoms. The van der Waals surface area contributed by atoms with Gasteiger partial charge >= 0.3 is 5.69 Å². The molecule has 0 atom stereocenters. The number of likely N-dealkylation sites (N-methyl/N-ethyl adjacent to an activating group) is 1. The number of hydrazone groups is 1. The first-order valence-electron chi connectivity index (χ1n) is 8.97. The van der Waals surface area contributed by atoms with E-state index < -0.39 is 5.69 Å². The summed E-state index contributed by atoms with van der Waals surface area (Å²) in [6.07, 6.45) is 1.65. The topological polar surface area (TPSA) is 82.9 Å². The molecule has 1 aromatic carbocycles. The lowest BCUT2D eigenvalue weighted by Crippen LogP contribution is -2.33. The van der Waals surface area contributed by atoms with Crippen LogP contribution in [0.5, 0.6) is 5.75 Å². The van der Waals surface area contributed by atoms with Crippen LogP contribution in [-0.2, 0) is 7.05 Å². The normalized spacial score (nSPS) is 11.3. The zero-order valence-electron chi connectivity index (χ0n) is 16.3. The Labute approximate surface area is 158 Å². The highest BCUT2D eigenvalue weighted by Crippen LogP contribution is 2.11. The van der Waals surface area contributed by atoms with E-state index in [1.807, 2.05) is 24.3 Å². The largest absolute Gasteiger partial charge is 0.492 e. The summed E-state index contributed by atoms with van der Waals surface area (Å²) in [6, 6.07) is 8.91. The van der Waals surface area contributed by atoms with Gasteiger partial charge in [-0.25, -0.2) is 4.79 Å². The second-order valence-corrected chi connectivity index (χ2v) is 6.07. The van der Waals surface area contributed by atoms with Crippen LogP contribution in [-0.4, -0.2) is 54.0 Å². The number of hydrogen-bond donors (Lipinski definition) is 1. The van der Waals surface area contributed by atoms with Crippen molar-refractivity contribution in [2.45, 2.75) is 13.8 Å². The monoisotopic (exact) mass is 373 g/mol. The first kappa shape index (κ1) is 20.4. The molecule has 0 spiro atoms. The molecule has 0 saturated carbocycles. The van der Waals surface area contributed by atoms with Crippen LogP contribution in [0.3, 0.4) is 0 Å². The van der Waals surface area contributed by atoms with E-state index in [-0.39, 0.29) is 5.56 Å². The lowest BCUT2D eigenvalue weighted by Gasteiger charge is -2.18. The van der Waals surface area contributed by atoms with Gasteiger partial charge in [0.25, 0.3) is 5.56 Å². The van der Waals surface area contributed by atoms with E-state index >= 15 is 0 Å². The summed E-state index contributed by atoms with van der Waals surface area (Å²) in [7, 11) is 3.08. The molecule has 2 rings (SSSR count). The smallest absolute Gasteiger partial charge is 0.329 e. The van der Waals surface area contributed by atoms with Crippen molar-refractivity contribution in [1.82, 2.24) is 14.5 Å². The predicted molar refractivity (Wildman–Crippen MR) is 108 cm³/mol. The van der Waals surface area contributed by atoms with Crippen LogP contribution in [0.1, 0.15) is 19.4 Å². The Hall–Kier alpha value is -2.87. The van der Waals surface area contributed by atoms with E-state index in [9.17, 15) is 9.59 Å². The summed E-state index contributed by atoms with van der Waals surface area (Å²) in [5, 5.41) is 5.70. The Morgan fingerprint density at radius 2 is 1.85 bits per heavy atom. The molecule has 1 heterocycles. The highest BCUT2D eigenvalue weighted by Gasteiger charge is 2.04. The van der Waals surface area contributed by atoms with Crippen LogP contribution in [0.25, 0.3) is 0 Å². The minimum absolute atomic E-state index is 0.329. The van der Waals surface area contributed by atoms with Gasteiger partial charge < -0.3 is 9.64 Å². The summed E-state index contributed by atoms with van der Waals surface area (Å²) < 4.78 is 6.75. The van der Waals surface area contributed by atoms with Crippen LogP contribution in [0.2, 0.25) is 0 Å². The molecule has 0 aliphatic rings. The third kappa shape index (κ3) is 5.82. The van der Waals surface area contributed by atoms with Crippen molar-refractivity contribution >= 4 is 12.0 Å². The van der Waals surface area contributed by atoms with Crippen LogP contribution in [0.4, 0.5) is 5.82 Å². The molecule has 1 aromatic heterocycles. The Bertz CT molecular complexity index is 835. The van der Waals surface area contributed by atoms with Crippen LogP contribution in [0.15, 0.2) is 45.0 Å². The van der Waals surface area contributed by atoms with Crippen molar-refractivity contribution < 1.29 is 4.74 Å². The summed E-state index contributed by atoms with van der Waals surface area (Å²) in [6.45, 7) is 7.85. The van der Waals surface area contributed by atoms with Crippen molar-refractivity contribution in [2.75, 3.05) is 38.3 Å². The van der Waals surface area contributed by atoms with Gasteiger partial charge in [0.05, 0.1) is 6.21 Å². The predicted octanol–water partition coefficient (Wildman–Crippen LogP) is 1.26. The number of nitrogens with zero attached hydrogens (tertiary/aromatic N) is 4. The Balaban J connectivity index is 1.95. The molecule has 8 nitrogen and oxygen atoms in total. The summed E-state index contributed by atoms with van der Waals surface area (Å²) in [4.78, 5) is 28.2. The summed E-state index contributed by atoms with van der Waals surface area (Å²) in [5.41, 5.74) is 0.0110. The highest BCUT2D eigenvalue weighted by atomic mass is 16.5. The zero-order chi connectivity index (χ0) is 19.8. The molecule has 0 aliphatic heterocycles. The summed E-state index contributed by atoms with van der Waals surface area (Å²) in [5.74, 6) is 1.14. The fourth-order valence-corrected chi connectivity index (χ4v) is 2.42. The lowest BCUT2D eigenvalue weighted by molar-refractivity contribution is 0.223. The van der Waals surface area contributed by atoms with Crippen molar-refractivity contribution in [1.29, 1.82) is 0 Å². The molecule has 0 amide bonds. The minimum Gasteiger partial charge on any atom is -0.492 e.